The van der Waals surface area contributed by atoms with Crippen molar-refractivity contribution in [3.63, 3.8) is 0 Å². The number of hydrogen-bond donors (Lipinski definition) is 0. The van der Waals surface area contributed by atoms with Crippen molar-refractivity contribution in [1.29, 1.82) is 0 Å². The van der Waals surface area contributed by atoms with Crippen LogP contribution in [0.4, 0.5) is 22.7 Å². The van der Waals surface area contributed by atoms with Crippen molar-refractivity contribution in [3.05, 3.63) is 121 Å². The number of rotatable bonds is 6. The molecule has 3 aliphatic carbocycles. The van der Waals surface area contributed by atoms with Crippen LogP contribution in [0.25, 0.3) is 0 Å². The molecule has 4 aromatic rings. The highest BCUT2D eigenvalue weighted by Crippen LogP contribution is 2.83. The largest absolute Gasteiger partial charge is 0.338 e. The zero-order chi connectivity index (χ0) is 24.2. The van der Waals surface area contributed by atoms with Crippen molar-refractivity contribution in [1.82, 2.24) is 0 Å². The summed E-state index contributed by atoms with van der Waals surface area (Å²) in [6.45, 7) is 2.59. The fourth-order valence-electron chi connectivity index (χ4n) is 8.15. The molecule has 3 aliphatic rings. The Labute approximate surface area is 215 Å². The molecule has 7 rings (SSSR count). The molecule has 4 aromatic carbocycles. The molecule has 0 aromatic heterocycles. The molecule has 36 heavy (non-hydrogen) atoms. The highest BCUT2D eigenvalue weighted by atomic mass is 15.3. The Balaban J connectivity index is 1.30. The van der Waals surface area contributed by atoms with E-state index in [0.717, 1.165) is 0 Å². The molecule has 0 radical (unpaired) electrons. The molecular formula is C34H34N2. The van der Waals surface area contributed by atoms with Crippen LogP contribution < -0.4 is 9.80 Å². The average molecular weight is 471 g/mol. The van der Waals surface area contributed by atoms with Gasteiger partial charge in [-0.25, -0.2) is 0 Å². The first-order valence-electron chi connectivity index (χ1n) is 13.5. The second-order valence-electron chi connectivity index (χ2n) is 11.2. The van der Waals surface area contributed by atoms with Crippen molar-refractivity contribution in [3.8, 4) is 0 Å². The van der Waals surface area contributed by atoms with Crippen LogP contribution in [0.2, 0.25) is 0 Å². The van der Waals surface area contributed by atoms with E-state index in [2.05, 4.69) is 138 Å². The monoisotopic (exact) mass is 470 g/mol. The SMILES string of the molecule is C[C@@]12CCC(N(c3ccccc3)c3ccccc3)[C@@H]3CC[C@]31C2N(c1ccccc1)c1ccccc1. The lowest BCUT2D eigenvalue weighted by molar-refractivity contribution is 0.0340. The highest BCUT2D eigenvalue weighted by molar-refractivity contribution is 5.69. The van der Waals surface area contributed by atoms with Crippen molar-refractivity contribution >= 4 is 22.7 Å². The summed E-state index contributed by atoms with van der Waals surface area (Å²) < 4.78 is 0. The minimum atomic E-state index is 0.344. The maximum atomic E-state index is 2.68. The third-order valence-corrected chi connectivity index (χ3v) is 9.75. The van der Waals surface area contributed by atoms with Gasteiger partial charge >= 0.3 is 0 Å². The van der Waals surface area contributed by atoms with Crippen LogP contribution in [0.3, 0.4) is 0 Å². The van der Waals surface area contributed by atoms with Gasteiger partial charge < -0.3 is 9.80 Å². The summed E-state index contributed by atoms with van der Waals surface area (Å²) in [4.78, 5) is 5.35. The first-order chi connectivity index (χ1) is 17.7. The number of hydrogen-bond acceptors (Lipinski definition) is 2. The second kappa shape index (κ2) is 8.27. The van der Waals surface area contributed by atoms with E-state index < -0.39 is 0 Å². The summed E-state index contributed by atoms with van der Waals surface area (Å²) in [5.41, 5.74) is 5.99. The number of para-hydroxylation sites is 4. The van der Waals surface area contributed by atoms with Crippen LogP contribution in [0.5, 0.6) is 0 Å². The predicted molar refractivity (Wildman–Crippen MR) is 150 cm³/mol. The smallest absolute Gasteiger partial charge is 0.0467 e. The molecule has 0 amide bonds. The van der Waals surface area contributed by atoms with Crippen LogP contribution >= 0.6 is 0 Å². The van der Waals surface area contributed by atoms with E-state index in [9.17, 15) is 0 Å². The molecular weight excluding hydrogens is 436 g/mol. The van der Waals surface area contributed by atoms with Gasteiger partial charge in [0.15, 0.2) is 0 Å². The number of nitrogens with zero attached hydrogens (tertiary/aromatic N) is 2. The summed E-state index contributed by atoms with van der Waals surface area (Å²) in [6.07, 6.45) is 5.17. The fraction of sp³-hybridized carbons (Fsp3) is 0.294. The van der Waals surface area contributed by atoms with Crippen LogP contribution in [-0.4, -0.2) is 12.1 Å². The topological polar surface area (TPSA) is 6.48 Å². The third kappa shape index (κ3) is 3.03. The van der Waals surface area contributed by atoms with Gasteiger partial charge in [0.25, 0.3) is 0 Å². The summed E-state index contributed by atoms with van der Waals surface area (Å²) in [5, 5.41) is 0. The molecule has 180 valence electrons. The van der Waals surface area contributed by atoms with Gasteiger partial charge in [-0.2, -0.15) is 0 Å². The van der Waals surface area contributed by atoms with E-state index in [-0.39, 0.29) is 0 Å². The van der Waals surface area contributed by atoms with Crippen LogP contribution in [-0.2, 0) is 0 Å². The Kier molecular flexibility index (Phi) is 4.99. The van der Waals surface area contributed by atoms with Gasteiger partial charge in [-0.1, -0.05) is 79.7 Å². The predicted octanol–water partition coefficient (Wildman–Crippen LogP) is 8.61. The molecule has 2 nitrogen and oxygen atoms in total. The lowest BCUT2D eigenvalue weighted by Crippen LogP contribution is -2.52. The second-order valence-corrected chi connectivity index (χ2v) is 11.2. The number of anilines is 4. The molecule has 3 fully saturated rings. The molecule has 0 aliphatic heterocycles. The molecule has 1 spiro atoms. The summed E-state index contributed by atoms with van der Waals surface area (Å²) in [7, 11) is 0. The standard InChI is InChI=1S/C34H34N2/c1-33-24-23-31(35(26-14-6-2-7-15-26)27-16-8-3-9-17-27)30-22-25-34(30,33)32(33)36(28-18-10-4-11-19-28)29-20-12-5-13-21-29/h2-21,30-32H,22-25H2,1H3/t30-,31?,32?,33-,34+/m0/s1. The minimum Gasteiger partial charge on any atom is -0.338 e. The summed E-state index contributed by atoms with van der Waals surface area (Å²) in [5.74, 6) is 0.691. The summed E-state index contributed by atoms with van der Waals surface area (Å²) >= 11 is 0. The van der Waals surface area contributed by atoms with Gasteiger partial charge in [-0.3, -0.25) is 0 Å². The Morgan fingerprint density at radius 3 is 1.33 bits per heavy atom. The van der Waals surface area contributed by atoms with Crippen LogP contribution in [0.1, 0.15) is 32.6 Å². The van der Waals surface area contributed by atoms with Gasteiger partial charge in [0.1, 0.15) is 0 Å². The van der Waals surface area contributed by atoms with E-state index in [4.69, 9.17) is 0 Å². The molecule has 2 unspecified atom stereocenters. The Morgan fingerprint density at radius 1 is 0.528 bits per heavy atom. The molecule has 5 atom stereocenters. The highest BCUT2D eigenvalue weighted by Gasteiger charge is 2.83. The molecule has 0 N–H and O–H groups in total. The van der Waals surface area contributed by atoms with Crippen LogP contribution in [0.15, 0.2) is 121 Å². The summed E-state index contributed by atoms with van der Waals surface area (Å²) in [6, 6.07) is 45.4. The first kappa shape index (κ1) is 21.7. The molecule has 0 bridgehead atoms. The Bertz CT molecular complexity index is 1240. The zero-order valence-corrected chi connectivity index (χ0v) is 21.0. The van der Waals surface area contributed by atoms with Gasteiger partial charge in [0, 0.05) is 40.2 Å². The van der Waals surface area contributed by atoms with Crippen molar-refractivity contribution in [2.75, 3.05) is 9.80 Å². The third-order valence-electron chi connectivity index (χ3n) is 9.75. The van der Waals surface area contributed by atoms with Crippen molar-refractivity contribution < 1.29 is 0 Å². The Hall–Kier alpha value is -3.52. The lowest BCUT2D eigenvalue weighted by Gasteiger charge is -2.53. The van der Waals surface area contributed by atoms with E-state index >= 15 is 0 Å². The van der Waals surface area contributed by atoms with Crippen LogP contribution in [0, 0.1) is 16.7 Å². The maximum absolute atomic E-state index is 2.68. The number of benzene rings is 4. The minimum absolute atomic E-state index is 0.344. The normalized spacial score (nSPS) is 29.9. The Morgan fingerprint density at radius 2 is 0.944 bits per heavy atom. The maximum Gasteiger partial charge on any atom is 0.0467 e. The van der Waals surface area contributed by atoms with E-state index in [0.29, 0.717) is 28.8 Å². The molecule has 0 saturated heterocycles. The van der Waals surface area contributed by atoms with Gasteiger partial charge in [-0.05, 0) is 85.5 Å². The van der Waals surface area contributed by atoms with E-state index in [1.807, 2.05) is 0 Å². The zero-order valence-electron chi connectivity index (χ0n) is 21.0. The van der Waals surface area contributed by atoms with Crippen molar-refractivity contribution in [2.24, 2.45) is 16.7 Å². The van der Waals surface area contributed by atoms with Crippen molar-refractivity contribution in [2.45, 2.75) is 44.7 Å². The van der Waals surface area contributed by atoms with Gasteiger partial charge in [0.05, 0.1) is 0 Å². The first-order valence-corrected chi connectivity index (χ1v) is 13.5. The van der Waals surface area contributed by atoms with E-state index in [1.54, 1.807) is 0 Å². The quantitative estimate of drug-likeness (QED) is 0.278. The molecule has 2 heteroatoms. The molecule has 3 saturated carbocycles. The fourth-order valence-corrected chi connectivity index (χ4v) is 8.15. The van der Waals surface area contributed by atoms with Gasteiger partial charge in [-0.15, -0.1) is 0 Å². The lowest BCUT2D eigenvalue weighted by atomic mass is 9.57. The van der Waals surface area contributed by atoms with Gasteiger partial charge in [0.2, 0.25) is 0 Å². The van der Waals surface area contributed by atoms with E-state index in [1.165, 1.54) is 48.4 Å². The average Bonchev–Trinajstić information content (AvgIpc) is 3.51. The molecule has 0 heterocycles.